The molecule has 1 rings (SSSR count). The molecule has 0 heterocycles. The predicted molar refractivity (Wildman–Crippen MR) is 85.7 cm³/mol. The van der Waals surface area contributed by atoms with Crippen LogP contribution in [-0.2, 0) is 10.2 Å². The summed E-state index contributed by atoms with van der Waals surface area (Å²) in [7, 11) is 0. The number of nitrogens with one attached hydrogen (secondary N) is 1. The van der Waals surface area contributed by atoms with Crippen molar-refractivity contribution in [2.45, 2.75) is 32.1 Å². The first-order valence-electron chi connectivity index (χ1n) is 6.23. The van der Waals surface area contributed by atoms with Gasteiger partial charge in [-0.1, -0.05) is 28.1 Å². The van der Waals surface area contributed by atoms with Crippen LogP contribution < -0.4 is 11.1 Å². The van der Waals surface area contributed by atoms with Crippen LogP contribution in [0, 0.1) is 0 Å². The van der Waals surface area contributed by atoms with Crippen molar-refractivity contribution in [2.75, 3.05) is 13.1 Å². The molecule has 0 aromatic heterocycles. The third-order valence-corrected chi connectivity index (χ3v) is 3.52. The van der Waals surface area contributed by atoms with E-state index in [1.54, 1.807) is 0 Å². The van der Waals surface area contributed by atoms with Crippen molar-refractivity contribution >= 4 is 34.2 Å². The smallest absolute Gasteiger partial charge is 0.230 e. The Kier molecular flexibility index (Phi) is 8.30. The lowest BCUT2D eigenvalue weighted by molar-refractivity contribution is -0.125. The van der Waals surface area contributed by atoms with E-state index < -0.39 is 5.41 Å². The largest absolute Gasteiger partial charge is 0.355 e. The van der Waals surface area contributed by atoms with Gasteiger partial charge in [0.2, 0.25) is 5.91 Å². The van der Waals surface area contributed by atoms with Gasteiger partial charge in [0.25, 0.3) is 0 Å². The summed E-state index contributed by atoms with van der Waals surface area (Å²) in [5.74, 6) is 0.0534. The second-order valence-corrected chi connectivity index (χ2v) is 5.80. The van der Waals surface area contributed by atoms with E-state index in [-0.39, 0.29) is 18.3 Å². The highest BCUT2D eigenvalue weighted by Gasteiger charge is 2.29. The molecule has 3 N–H and O–H groups in total. The molecule has 0 aliphatic heterocycles. The molecule has 1 aromatic rings. The van der Waals surface area contributed by atoms with Crippen LogP contribution in [0.2, 0.25) is 0 Å². The molecule has 0 atom stereocenters. The minimum absolute atomic E-state index is 0. The molecule has 19 heavy (non-hydrogen) atoms. The highest BCUT2D eigenvalue weighted by molar-refractivity contribution is 9.10. The lowest BCUT2D eigenvalue weighted by atomic mass is 9.84. The van der Waals surface area contributed by atoms with Gasteiger partial charge in [0.1, 0.15) is 0 Å². The molecule has 0 spiro atoms. The standard InChI is InChI=1S/C14H21BrN2O.ClH/c1-14(2,11-6-5-7-12(15)10-11)13(18)17-9-4-3-8-16;/h5-7,10H,3-4,8-9,16H2,1-2H3,(H,17,18);1H. The van der Waals surface area contributed by atoms with Gasteiger partial charge >= 0.3 is 0 Å². The predicted octanol–water partition coefficient (Wildman–Crippen LogP) is 3.00. The normalized spacial score (nSPS) is 10.7. The topological polar surface area (TPSA) is 55.1 Å². The third kappa shape index (κ3) is 5.51. The highest BCUT2D eigenvalue weighted by atomic mass is 79.9. The van der Waals surface area contributed by atoms with Gasteiger partial charge in [-0.25, -0.2) is 0 Å². The van der Waals surface area contributed by atoms with Gasteiger partial charge in [0.05, 0.1) is 5.41 Å². The molecule has 0 saturated carbocycles. The zero-order valence-electron chi connectivity index (χ0n) is 11.4. The molecule has 1 aromatic carbocycles. The lowest BCUT2D eigenvalue weighted by Gasteiger charge is -2.24. The van der Waals surface area contributed by atoms with Crippen LogP contribution in [0.25, 0.3) is 0 Å². The van der Waals surface area contributed by atoms with Gasteiger partial charge in [0.15, 0.2) is 0 Å². The molecule has 108 valence electrons. The van der Waals surface area contributed by atoms with Crippen molar-refractivity contribution in [3.05, 3.63) is 34.3 Å². The Balaban J connectivity index is 0.00000324. The Hall–Kier alpha value is -0.580. The van der Waals surface area contributed by atoms with E-state index >= 15 is 0 Å². The molecule has 0 saturated heterocycles. The van der Waals surface area contributed by atoms with E-state index in [4.69, 9.17) is 5.73 Å². The number of carbonyl (C=O) groups excluding carboxylic acids is 1. The van der Waals surface area contributed by atoms with Gasteiger partial charge in [0, 0.05) is 11.0 Å². The Morgan fingerprint density at radius 1 is 1.37 bits per heavy atom. The van der Waals surface area contributed by atoms with Crippen molar-refractivity contribution in [3.8, 4) is 0 Å². The van der Waals surface area contributed by atoms with E-state index in [2.05, 4.69) is 21.2 Å². The fourth-order valence-corrected chi connectivity index (χ4v) is 2.10. The van der Waals surface area contributed by atoms with Gasteiger partial charge in [-0.2, -0.15) is 0 Å². The molecular formula is C14H22BrClN2O. The summed E-state index contributed by atoms with van der Waals surface area (Å²) in [6.07, 6.45) is 1.87. The van der Waals surface area contributed by atoms with E-state index in [9.17, 15) is 4.79 Å². The van der Waals surface area contributed by atoms with Crippen molar-refractivity contribution in [2.24, 2.45) is 5.73 Å². The van der Waals surface area contributed by atoms with Crippen LogP contribution in [0.5, 0.6) is 0 Å². The summed E-state index contributed by atoms with van der Waals surface area (Å²) in [6.45, 7) is 5.23. The van der Waals surface area contributed by atoms with Gasteiger partial charge in [-0.3, -0.25) is 4.79 Å². The molecule has 0 bridgehead atoms. The molecule has 0 aliphatic carbocycles. The second-order valence-electron chi connectivity index (χ2n) is 4.89. The Labute approximate surface area is 129 Å². The first-order chi connectivity index (χ1) is 8.48. The fraction of sp³-hybridized carbons (Fsp3) is 0.500. The van der Waals surface area contributed by atoms with E-state index in [0.29, 0.717) is 13.1 Å². The average molecular weight is 350 g/mol. The summed E-state index contributed by atoms with van der Waals surface area (Å²) < 4.78 is 0.990. The zero-order valence-corrected chi connectivity index (χ0v) is 13.8. The van der Waals surface area contributed by atoms with Crippen LogP contribution in [0.3, 0.4) is 0 Å². The number of nitrogens with two attached hydrogens (primary N) is 1. The van der Waals surface area contributed by atoms with Crippen LogP contribution in [0.1, 0.15) is 32.3 Å². The first-order valence-corrected chi connectivity index (χ1v) is 7.02. The summed E-state index contributed by atoms with van der Waals surface area (Å²) in [4.78, 5) is 12.2. The summed E-state index contributed by atoms with van der Waals surface area (Å²) >= 11 is 3.43. The number of carbonyl (C=O) groups is 1. The molecule has 1 amide bonds. The summed E-state index contributed by atoms with van der Waals surface area (Å²) in [5.41, 5.74) is 5.91. The molecule has 3 nitrogen and oxygen atoms in total. The number of unbranched alkanes of at least 4 members (excludes halogenated alkanes) is 1. The van der Waals surface area contributed by atoms with Crippen molar-refractivity contribution < 1.29 is 4.79 Å². The fourth-order valence-electron chi connectivity index (χ4n) is 1.70. The molecule has 0 fully saturated rings. The number of hydrogen-bond acceptors (Lipinski definition) is 2. The first kappa shape index (κ1) is 18.4. The number of benzene rings is 1. The Morgan fingerprint density at radius 2 is 2.05 bits per heavy atom. The van der Waals surface area contributed by atoms with Crippen molar-refractivity contribution in [1.29, 1.82) is 0 Å². The number of halogens is 2. The monoisotopic (exact) mass is 348 g/mol. The molecule has 0 aliphatic rings. The average Bonchev–Trinajstić information content (AvgIpc) is 2.34. The lowest BCUT2D eigenvalue weighted by Crippen LogP contribution is -2.40. The van der Waals surface area contributed by atoms with Gasteiger partial charge in [-0.05, 0) is 50.9 Å². The molecular weight excluding hydrogens is 328 g/mol. The molecule has 5 heteroatoms. The third-order valence-electron chi connectivity index (χ3n) is 3.03. The van der Waals surface area contributed by atoms with E-state index in [1.165, 1.54) is 0 Å². The van der Waals surface area contributed by atoms with Crippen LogP contribution in [0.4, 0.5) is 0 Å². The minimum atomic E-state index is -0.521. The zero-order chi connectivity index (χ0) is 13.6. The summed E-state index contributed by atoms with van der Waals surface area (Å²) in [6, 6.07) is 7.87. The quantitative estimate of drug-likeness (QED) is 0.776. The maximum absolute atomic E-state index is 12.2. The maximum Gasteiger partial charge on any atom is 0.230 e. The van der Waals surface area contributed by atoms with Gasteiger partial charge < -0.3 is 11.1 Å². The molecule has 0 radical (unpaired) electrons. The molecule has 0 unspecified atom stereocenters. The number of hydrogen-bond donors (Lipinski definition) is 2. The van der Waals surface area contributed by atoms with Gasteiger partial charge in [-0.15, -0.1) is 12.4 Å². The Bertz CT molecular complexity index is 410. The highest BCUT2D eigenvalue weighted by Crippen LogP contribution is 2.25. The van der Waals surface area contributed by atoms with Crippen molar-refractivity contribution in [1.82, 2.24) is 5.32 Å². The summed E-state index contributed by atoms with van der Waals surface area (Å²) in [5, 5.41) is 2.97. The number of amides is 1. The van der Waals surface area contributed by atoms with Crippen LogP contribution >= 0.6 is 28.3 Å². The van der Waals surface area contributed by atoms with Crippen LogP contribution in [0.15, 0.2) is 28.7 Å². The SMILES string of the molecule is CC(C)(C(=O)NCCCCN)c1cccc(Br)c1.Cl. The van der Waals surface area contributed by atoms with E-state index in [1.807, 2.05) is 38.1 Å². The van der Waals surface area contributed by atoms with Crippen molar-refractivity contribution in [3.63, 3.8) is 0 Å². The minimum Gasteiger partial charge on any atom is -0.355 e. The second kappa shape index (κ2) is 8.56. The maximum atomic E-state index is 12.2. The van der Waals surface area contributed by atoms with E-state index in [0.717, 1.165) is 22.9 Å². The van der Waals surface area contributed by atoms with Crippen LogP contribution in [-0.4, -0.2) is 19.0 Å². The number of rotatable bonds is 6. The Morgan fingerprint density at radius 3 is 2.63 bits per heavy atom.